The van der Waals surface area contributed by atoms with Gasteiger partial charge in [0.15, 0.2) is 0 Å². The van der Waals surface area contributed by atoms with Crippen molar-refractivity contribution in [1.29, 1.82) is 5.26 Å². The van der Waals surface area contributed by atoms with Crippen molar-refractivity contribution in [2.24, 2.45) is 0 Å². The number of carbonyl (C=O) groups is 1. The molecule has 0 spiro atoms. The van der Waals surface area contributed by atoms with E-state index in [1.807, 2.05) is 68.4 Å². The lowest BCUT2D eigenvalue weighted by molar-refractivity contribution is 0.150. The second-order valence-corrected chi connectivity index (χ2v) is 7.65. The summed E-state index contributed by atoms with van der Waals surface area (Å²) in [6.07, 6.45) is 3.21. The van der Waals surface area contributed by atoms with E-state index in [1.165, 1.54) is 6.20 Å². The number of nitrogens with zero attached hydrogens (tertiary/aromatic N) is 3. The predicted molar refractivity (Wildman–Crippen MR) is 134 cm³/mol. The van der Waals surface area contributed by atoms with Gasteiger partial charge in [0.25, 0.3) is 0 Å². The van der Waals surface area contributed by atoms with Crippen LogP contribution in [-0.4, -0.2) is 35.4 Å². The van der Waals surface area contributed by atoms with E-state index in [-0.39, 0.29) is 6.03 Å². The van der Waals surface area contributed by atoms with Crippen LogP contribution >= 0.6 is 0 Å². The fraction of sp³-hybridized carbons (Fsp3) is 0.192. The van der Waals surface area contributed by atoms with Gasteiger partial charge >= 0.3 is 6.03 Å². The van der Waals surface area contributed by atoms with Crippen molar-refractivity contribution in [3.8, 4) is 17.6 Å². The van der Waals surface area contributed by atoms with E-state index < -0.39 is 0 Å². The molecule has 35 heavy (non-hydrogen) atoms. The third-order valence-corrected chi connectivity index (χ3v) is 5.26. The number of anilines is 3. The van der Waals surface area contributed by atoms with Crippen LogP contribution in [0.1, 0.15) is 18.1 Å². The number of hydrogen-bond acceptors (Lipinski definition) is 6. The number of nitrogens with one attached hydrogen (secondary N) is 3. The largest absolute Gasteiger partial charge is 0.457 e. The number of benzene rings is 2. The fourth-order valence-electron chi connectivity index (χ4n) is 3.55. The molecular formula is C26H26N6O3. The van der Waals surface area contributed by atoms with Gasteiger partial charge in [0.1, 0.15) is 17.6 Å². The van der Waals surface area contributed by atoms with E-state index in [0.717, 1.165) is 17.0 Å². The summed E-state index contributed by atoms with van der Waals surface area (Å²) in [5.74, 6) is 1.45. The monoisotopic (exact) mass is 470 g/mol. The van der Waals surface area contributed by atoms with Gasteiger partial charge in [-0.15, -0.1) is 0 Å². The highest BCUT2D eigenvalue weighted by molar-refractivity contribution is 5.94. The van der Waals surface area contributed by atoms with Crippen molar-refractivity contribution < 1.29 is 14.3 Å². The summed E-state index contributed by atoms with van der Waals surface area (Å²) in [4.78, 5) is 12.3. The van der Waals surface area contributed by atoms with Crippen LogP contribution in [0.5, 0.6) is 11.5 Å². The summed E-state index contributed by atoms with van der Waals surface area (Å²) in [6.45, 7) is 5.21. The molecule has 0 bridgehead atoms. The third kappa shape index (κ3) is 5.69. The van der Waals surface area contributed by atoms with Crippen LogP contribution in [0.25, 0.3) is 5.52 Å². The highest BCUT2D eigenvalue weighted by Gasteiger charge is 2.17. The number of hydrogen-bond donors (Lipinski definition) is 3. The van der Waals surface area contributed by atoms with Crippen molar-refractivity contribution in [2.75, 3.05) is 30.4 Å². The molecule has 0 saturated heterocycles. The van der Waals surface area contributed by atoms with Crippen molar-refractivity contribution in [2.45, 2.75) is 13.8 Å². The molecule has 178 valence electrons. The Bertz CT molecular complexity index is 1340. The molecule has 3 N–H and O–H groups in total. The fourth-order valence-corrected chi connectivity index (χ4v) is 3.55. The number of carbonyl (C=O) groups excluding carboxylic acids is 1. The zero-order chi connectivity index (χ0) is 24.6. The average Bonchev–Trinajstić information content (AvgIpc) is 3.19. The maximum absolute atomic E-state index is 12.3. The molecule has 2 heterocycles. The standard InChI is InChI=1S/C26H26N6O3/c1-3-34-14-13-28-26(33)31-23-17-32-25(18(23)2)24(19(15-27)16-29-32)30-20-9-11-22(12-10-20)35-21-7-5-4-6-8-21/h4-12,16-17,30H,3,13-14H2,1-2H3,(H2,28,31,33). The van der Waals surface area contributed by atoms with Gasteiger partial charge in [-0.3, -0.25) is 0 Å². The normalized spacial score (nSPS) is 10.5. The van der Waals surface area contributed by atoms with E-state index in [9.17, 15) is 10.1 Å². The molecule has 2 aromatic carbocycles. The van der Waals surface area contributed by atoms with Crippen LogP contribution in [0, 0.1) is 18.3 Å². The van der Waals surface area contributed by atoms with Crippen LogP contribution in [0.3, 0.4) is 0 Å². The molecule has 2 amide bonds. The first-order chi connectivity index (χ1) is 17.1. The number of nitriles is 1. The molecule has 0 saturated carbocycles. The van der Waals surface area contributed by atoms with Gasteiger partial charge in [0.2, 0.25) is 0 Å². The minimum absolute atomic E-state index is 0.340. The van der Waals surface area contributed by atoms with E-state index in [4.69, 9.17) is 9.47 Å². The van der Waals surface area contributed by atoms with E-state index >= 15 is 0 Å². The molecule has 4 aromatic rings. The van der Waals surface area contributed by atoms with Crippen LogP contribution in [0.15, 0.2) is 67.0 Å². The average molecular weight is 471 g/mol. The van der Waals surface area contributed by atoms with Crippen molar-refractivity contribution in [3.63, 3.8) is 0 Å². The van der Waals surface area contributed by atoms with Crippen LogP contribution in [0.4, 0.5) is 21.9 Å². The quantitative estimate of drug-likeness (QED) is 0.290. The summed E-state index contributed by atoms with van der Waals surface area (Å²) < 4.78 is 12.7. The molecule has 0 radical (unpaired) electrons. The van der Waals surface area contributed by atoms with Gasteiger partial charge in [-0.05, 0) is 50.2 Å². The maximum Gasteiger partial charge on any atom is 0.319 e. The Morgan fingerprint density at radius 1 is 1.11 bits per heavy atom. The first kappa shape index (κ1) is 23.6. The molecule has 0 aliphatic rings. The van der Waals surface area contributed by atoms with Gasteiger partial charge in [-0.1, -0.05) is 18.2 Å². The van der Waals surface area contributed by atoms with Crippen molar-refractivity contribution in [1.82, 2.24) is 14.9 Å². The number of ether oxygens (including phenoxy) is 2. The molecule has 4 rings (SSSR count). The highest BCUT2D eigenvalue weighted by Crippen LogP contribution is 2.33. The number of amides is 2. The topological polar surface area (TPSA) is 113 Å². The van der Waals surface area contributed by atoms with Crippen molar-refractivity contribution in [3.05, 3.63) is 78.1 Å². The summed E-state index contributed by atoms with van der Waals surface area (Å²) >= 11 is 0. The summed E-state index contributed by atoms with van der Waals surface area (Å²) in [6, 6.07) is 18.8. The Morgan fingerprint density at radius 2 is 1.86 bits per heavy atom. The molecule has 9 heteroatoms. The Labute approximate surface area is 203 Å². The first-order valence-corrected chi connectivity index (χ1v) is 11.2. The number of aryl methyl sites for hydroxylation is 1. The van der Waals surface area contributed by atoms with Crippen LogP contribution < -0.4 is 20.7 Å². The Hall–Kier alpha value is -4.55. The lowest BCUT2D eigenvalue weighted by atomic mass is 10.1. The molecule has 9 nitrogen and oxygen atoms in total. The number of urea groups is 1. The van der Waals surface area contributed by atoms with Gasteiger partial charge in [-0.2, -0.15) is 10.4 Å². The number of aromatic nitrogens is 2. The Balaban J connectivity index is 1.55. The van der Waals surface area contributed by atoms with Crippen molar-refractivity contribution >= 4 is 28.6 Å². The Kier molecular flexibility index (Phi) is 7.45. The van der Waals surface area contributed by atoms with Gasteiger partial charge in [0.05, 0.1) is 41.5 Å². The summed E-state index contributed by atoms with van der Waals surface area (Å²) in [7, 11) is 0. The second-order valence-electron chi connectivity index (χ2n) is 7.65. The van der Waals surface area contributed by atoms with E-state index in [2.05, 4.69) is 27.1 Å². The summed E-state index contributed by atoms with van der Waals surface area (Å²) in [5, 5.41) is 23.0. The lowest BCUT2D eigenvalue weighted by Crippen LogP contribution is -2.31. The minimum atomic E-state index is -0.340. The number of fused-ring (bicyclic) bond motifs is 1. The lowest BCUT2D eigenvalue weighted by Gasteiger charge is -2.12. The highest BCUT2D eigenvalue weighted by atomic mass is 16.5. The van der Waals surface area contributed by atoms with Gasteiger partial charge < -0.3 is 25.4 Å². The zero-order valence-electron chi connectivity index (χ0n) is 19.5. The third-order valence-electron chi connectivity index (χ3n) is 5.26. The molecule has 0 aliphatic carbocycles. The van der Waals surface area contributed by atoms with Gasteiger partial charge in [-0.25, -0.2) is 9.31 Å². The zero-order valence-corrected chi connectivity index (χ0v) is 19.5. The Morgan fingerprint density at radius 3 is 2.57 bits per heavy atom. The molecule has 0 fully saturated rings. The molecular weight excluding hydrogens is 444 g/mol. The van der Waals surface area contributed by atoms with Crippen LogP contribution in [-0.2, 0) is 4.74 Å². The smallest absolute Gasteiger partial charge is 0.319 e. The van der Waals surface area contributed by atoms with E-state index in [1.54, 1.807) is 10.7 Å². The minimum Gasteiger partial charge on any atom is -0.457 e. The second kappa shape index (κ2) is 11.0. The predicted octanol–water partition coefficient (Wildman–Crippen LogP) is 5.21. The van der Waals surface area contributed by atoms with Gasteiger partial charge in [0, 0.05) is 24.4 Å². The molecule has 0 aliphatic heterocycles. The first-order valence-electron chi connectivity index (χ1n) is 11.2. The maximum atomic E-state index is 12.3. The summed E-state index contributed by atoms with van der Waals surface area (Å²) in [5.41, 5.74) is 3.83. The number of rotatable bonds is 9. The van der Waals surface area contributed by atoms with Crippen LogP contribution in [0.2, 0.25) is 0 Å². The number of para-hydroxylation sites is 1. The van der Waals surface area contributed by atoms with E-state index in [0.29, 0.717) is 48.0 Å². The molecule has 2 aromatic heterocycles. The molecule has 0 atom stereocenters. The molecule has 0 unspecified atom stereocenters. The SMILES string of the molecule is CCOCCNC(=O)Nc1cn2ncc(C#N)c(Nc3ccc(Oc4ccccc4)cc3)c2c1C.